The number of pyridine rings is 1. The molecule has 0 aliphatic rings. The zero-order chi connectivity index (χ0) is 13.8. The molecule has 0 spiro atoms. The molecule has 0 bridgehead atoms. The summed E-state index contributed by atoms with van der Waals surface area (Å²) in [5.74, 6) is 0.235. The Morgan fingerprint density at radius 1 is 1.11 bits per heavy atom. The number of hydrogen-bond acceptors (Lipinski definition) is 2. The van der Waals surface area contributed by atoms with Crippen molar-refractivity contribution in [3.8, 4) is 0 Å². The smallest absolute Gasteiger partial charge is 0.230 e. The molecule has 0 fully saturated rings. The van der Waals surface area contributed by atoms with Gasteiger partial charge in [0.05, 0.1) is 11.4 Å². The van der Waals surface area contributed by atoms with E-state index in [0.717, 1.165) is 0 Å². The number of nitrogens with one attached hydrogen (secondary N) is 1. The summed E-state index contributed by atoms with van der Waals surface area (Å²) in [6, 6.07) is 8.30. The van der Waals surface area contributed by atoms with Gasteiger partial charge in [0.25, 0.3) is 0 Å². The van der Waals surface area contributed by atoms with E-state index in [-0.39, 0.29) is 12.3 Å². The lowest BCUT2D eigenvalue weighted by atomic mass is 10.1. The standard InChI is InChI=1S/C13H9Cl3N2O/c14-9-2-1-8(11(16)6-9)5-13(19)18-12-4-3-10(15)7-17-12/h1-4,6-7H,5H2,(H,17,18,19). The number of carbonyl (C=O) groups is 1. The molecule has 0 unspecified atom stereocenters. The second-order valence-corrected chi connectivity index (χ2v) is 5.10. The van der Waals surface area contributed by atoms with E-state index >= 15 is 0 Å². The summed E-state index contributed by atoms with van der Waals surface area (Å²) in [7, 11) is 0. The van der Waals surface area contributed by atoms with Gasteiger partial charge in [-0.15, -0.1) is 0 Å². The Morgan fingerprint density at radius 3 is 2.47 bits per heavy atom. The van der Waals surface area contributed by atoms with Crippen LogP contribution in [0.15, 0.2) is 36.5 Å². The highest BCUT2D eigenvalue weighted by Crippen LogP contribution is 2.21. The van der Waals surface area contributed by atoms with Crippen molar-refractivity contribution >= 4 is 46.5 Å². The number of nitrogens with zero attached hydrogens (tertiary/aromatic N) is 1. The summed E-state index contributed by atoms with van der Waals surface area (Å²) in [5, 5.41) is 4.17. The molecular formula is C13H9Cl3N2O. The average Bonchev–Trinajstić information content (AvgIpc) is 2.36. The second kappa shape index (κ2) is 6.24. The van der Waals surface area contributed by atoms with Crippen LogP contribution in [0.5, 0.6) is 0 Å². The van der Waals surface area contributed by atoms with Gasteiger partial charge in [-0.3, -0.25) is 4.79 Å². The van der Waals surface area contributed by atoms with E-state index in [1.54, 1.807) is 30.3 Å². The minimum atomic E-state index is -0.209. The molecule has 0 atom stereocenters. The number of hydrogen-bond donors (Lipinski definition) is 1. The predicted molar refractivity (Wildman–Crippen MR) is 78.0 cm³/mol. The number of benzene rings is 1. The van der Waals surface area contributed by atoms with Gasteiger partial charge in [0.1, 0.15) is 5.82 Å². The predicted octanol–water partition coefficient (Wildman–Crippen LogP) is 4.22. The van der Waals surface area contributed by atoms with Crippen LogP contribution in [-0.2, 0) is 11.2 Å². The van der Waals surface area contributed by atoms with Gasteiger partial charge in [0, 0.05) is 16.2 Å². The van der Waals surface area contributed by atoms with E-state index < -0.39 is 0 Å². The Morgan fingerprint density at radius 2 is 1.84 bits per heavy atom. The van der Waals surface area contributed by atoms with Crippen molar-refractivity contribution in [2.45, 2.75) is 6.42 Å². The van der Waals surface area contributed by atoms with Gasteiger partial charge in [0.2, 0.25) is 5.91 Å². The highest BCUT2D eigenvalue weighted by atomic mass is 35.5. The van der Waals surface area contributed by atoms with Crippen molar-refractivity contribution in [2.24, 2.45) is 0 Å². The Balaban J connectivity index is 2.03. The minimum absolute atomic E-state index is 0.153. The van der Waals surface area contributed by atoms with Crippen LogP contribution in [0.4, 0.5) is 5.82 Å². The van der Waals surface area contributed by atoms with Crippen molar-refractivity contribution in [1.82, 2.24) is 4.98 Å². The molecule has 1 heterocycles. The SMILES string of the molecule is O=C(Cc1ccc(Cl)cc1Cl)Nc1ccc(Cl)cn1. The normalized spacial score (nSPS) is 10.3. The molecule has 0 aliphatic heterocycles. The summed E-state index contributed by atoms with van der Waals surface area (Å²) in [6.45, 7) is 0. The van der Waals surface area contributed by atoms with Gasteiger partial charge in [-0.2, -0.15) is 0 Å². The molecule has 19 heavy (non-hydrogen) atoms. The molecule has 0 saturated heterocycles. The van der Waals surface area contributed by atoms with Crippen LogP contribution in [0.1, 0.15) is 5.56 Å². The van der Waals surface area contributed by atoms with Crippen molar-refractivity contribution in [3.63, 3.8) is 0 Å². The van der Waals surface area contributed by atoms with Gasteiger partial charge in [-0.25, -0.2) is 4.98 Å². The van der Waals surface area contributed by atoms with Crippen LogP contribution in [0.2, 0.25) is 15.1 Å². The fraction of sp³-hybridized carbons (Fsp3) is 0.0769. The van der Waals surface area contributed by atoms with Gasteiger partial charge in [0.15, 0.2) is 0 Å². The lowest BCUT2D eigenvalue weighted by Gasteiger charge is -2.06. The van der Waals surface area contributed by atoms with E-state index in [4.69, 9.17) is 34.8 Å². The first kappa shape index (κ1) is 14.1. The number of amides is 1. The van der Waals surface area contributed by atoms with Crippen LogP contribution in [0.25, 0.3) is 0 Å². The molecule has 0 saturated carbocycles. The molecule has 98 valence electrons. The quantitative estimate of drug-likeness (QED) is 0.921. The van der Waals surface area contributed by atoms with Crippen LogP contribution in [-0.4, -0.2) is 10.9 Å². The molecule has 0 aliphatic carbocycles. The van der Waals surface area contributed by atoms with Crippen molar-refractivity contribution in [2.75, 3.05) is 5.32 Å². The molecule has 1 N–H and O–H groups in total. The van der Waals surface area contributed by atoms with Crippen LogP contribution >= 0.6 is 34.8 Å². The monoisotopic (exact) mass is 314 g/mol. The van der Waals surface area contributed by atoms with Gasteiger partial charge in [-0.05, 0) is 29.8 Å². The molecule has 6 heteroatoms. The van der Waals surface area contributed by atoms with E-state index in [1.807, 2.05) is 0 Å². The summed E-state index contributed by atoms with van der Waals surface area (Å²) in [5.41, 5.74) is 0.706. The summed E-state index contributed by atoms with van der Waals surface area (Å²) in [6.07, 6.45) is 1.62. The second-order valence-electron chi connectivity index (χ2n) is 3.82. The molecular weight excluding hydrogens is 307 g/mol. The zero-order valence-electron chi connectivity index (χ0n) is 9.66. The Bertz CT molecular complexity index is 599. The van der Waals surface area contributed by atoms with Crippen molar-refractivity contribution in [3.05, 3.63) is 57.2 Å². The molecule has 2 rings (SSSR count). The molecule has 0 radical (unpaired) electrons. The minimum Gasteiger partial charge on any atom is -0.310 e. The fourth-order valence-corrected chi connectivity index (χ4v) is 2.06. The van der Waals surface area contributed by atoms with Crippen molar-refractivity contribution < 1.29 is 4.79 Å². The number of anilines is 1. The van der Waals surface area contributed by atoms with Crippen LogP contribution in [0, 0.1) is 0 Å². The van der Waals surface area contributed by atoms with E-state index in [9.17, 15) is 4.79 Å². The third-order valence-electron chi connectivity index (χ3n) is 2.36. The molecule has 1 aromatic carbocycles. The van der Waals surface area contributed by atoms with E-state index in [2.05, 4.69) is 10.3 Å². The van der Waals surface area contributed by atoms with Gasteiger partial charge >= 0.3 is 0 Å². The first-order valence-electron chi connectivity index (χ1n) is 5.40. The highest BCUT2D eigenvalue weighted by molar-refractivity contribution is 6.35. The number of halogens is 3. The fourth-order valence-electron chi connectivity index (χ4n) is 1.47. The third kappa shape index (κ3) is 4.10. The number of aromatic nitrogens is 1. The third-order valence-corrected chi connectivity index (χ3v) is 3.17. The Kier molecular flexibility index (Phi) is 4.64. The first-order chi connectivity index (χ1) is 9.04. The molecule has 3 nitrogen and oxygen atoms in total. The highest BCUT2D eigenvalue weighted by Gasteiger charge is 2.08. The van der Waals surface area contributed by atoms with E-state index in [1.165, 1.54) is 6.20 Å². The molecule has 1 aromatic heterocycles. The lowest BCUT2D eigenvalue weighted by molar-refractivity contribution is -0.115. The number of rotatable bonds is 3. The van der Waals surface area contributed by atoms with E-state index in [0.29, 0.717) is 26.4 Å². The van der Waals surface area contributed by atoms with Gasteiger partial charge in [-0.1, -0.05) is 40.9 Å². The molecule has 1 amide bonds. The zero-order valence-corrected chi connectivity index (χ0v) is 11.9. The Hall–Kier alpha value is -1.29. The maximum atomic E-state index is 11.8. The average molecular weight is 316 g/mol. The topological polar surface area (TPSA) is 42.0 Å². The van der Waals surface area contributed by atoms with Crippen LogP contribution < -0.4 is 5.32 Å². The Labute approximate surface area is 125 Å². The van der Waals surface area contributed by atoms with Crippen LogP contribution in [0.3, 0.4) is 0 Å². The largest absolute Gasteiger partial charge is 0.310 e. The summed E-state index contributed by atoms with van der Waals surface area (Å²) < 4.78 is 0. The summed E-state index contributed by atoms with van der Waals surface area (Å²) in [4.78, 5) is 15.8. The first-order valence-corrected chi connectivity index (χ1v) is 6.53. The molecule has 2 aromatic rings. The van der Waals surface area contributed by atoms with Crippen molar-refractivity contribution in [1.29, 1.82) is 0 Å². The lowest BCUT2D eigenvalue weighted by Crippen LogP contribution is -2.15. The maximum absolute atomic E-state index is 11.8. The summed E-state index contributed by atoms with van der Waals surface area (Å²) >= 11 is 17.5. The number of carbonyl (C=O) groups excluding carboxylic acids is 1. The maximum Gasteiger partial charge on any atom is 0.230 e. The van der Waals surface area contributed by atoms with Gasteiger partial charge < -0.3 is 5.32 Å².